The average molecular weight is 512 g/mol. The molecule has 0 saturated carbocycles. The van der Waals surface area contributed by atoms with Crippen LogP contribution in [0.25, 0.3) is 0 Å². The smallest absolute Gasteiger partial charge is 0.289 e. The molecule has 0 atom stereocenters. The summed E-state index contributed by atoms with van der Waals surface area (Å²) in [4.78, 5) is 21.2. The van der Waals surface area contributed by atoms with E-state index in [9.17, 15) is 4.79 Å². The van der Waals surface area contributed by atoms with Gasteiger partial charge in [0.1, 0.15) is 0 Å². The van der Waals surface area contributed by atoms with E-state index in [-0.39, 0.29) is 29.9 Å². The number of hydrogen-bond acceptors (Lipinski definition) is 4. The summed E-state index contributed by atoms with van der Waals surface area (Å²) in [6, 6.07) is 11.7. The molecule has 1 amide bonds. The van der Waals surface area contributed by atoms with Gasteiger partial charge >= 0.3 is 0 Å². The maximum absolute atomic E-state index is 12.4. The highest BCUT2D eigenvalue weighted by molar-refractivity contribution is 14.0. The van der Waals surface area contributed by atoms with Gasteiger partial charge in [-0.1, -0.05) is 24.3 Å². The second kappa shape index (κ2) is 11.8. The minimum Gasteiger partial charge on any atom is -0.459 e. The number of furan rings is 1. The fourth-order valence-electron chi connectivity index (χ4n) is 3.25. The number of guanidine groups is 1. The molecule has 0 aliphatic carbocycles. The number of ether oxygens (including phenoxy) is 1. The minimum atomic E-state index is -0.0541. The first-order valence-electron chi connectivity index (χ1n) is 9.64. The third-order valence-corrected chi connectivity index (χ3v) is 4.65. The standard InChI is InChI=1S/C21H28N4O3.HI/c1-3-22-21(23-15-17-6-4-7-18(14-17)16-27-2)25-11-9-24(10-12-25)20(26)19-8-5-13-28-19;/h4-8,13-14H,3,9-12,15-16H2,1-2H3,(H,22,23);1H. The van der Waals surface area contributed by atoms with Crippen LogP contribution < -0.4 is 5.32 Å². The van der Waals surface area contributed by atoms with E-state index in [0.717, 1.165) is 36.7 Å². The number of amides is 1. The number of benzene rings is 1. The molecule has 1 saturated heterocycles. The van der Waals surface area contributed by atoms with Crippen LogP contribution in [-0.4, -0.2) is 61.5 Å². The highest BCUT2D eigenvalue weighted by Gasteiger charge is 2.25. The molecular weight excluding hydrogens is 483 g/mol. The summed E-state index contributed by atoms with van der Waals surface area (Å²) in [7, 11) is 1.70. The molecule has 0 spiro atoms. The van der Waals surface area contributed by atoms with Crippen LogP contribution in [0.5, 0.6) is 0 Å². The van der Waals surface area contributed by atoms with Gasteiger partial charge in [0.05, 0.1) is 19.4 Å². The monoisotopic (exact) mass is 512 g/mol. The number of piperazine rings is 1. The predicted molar refractivity (Wildman–Crippen MR) is 124 cm³/mol. The SMILES string of the molecule is CCNC(=NCc1cccc(COC)c1)N1CCN(C(=O)c2ccco2)CC1.I. The van der Waals surface area contributed by atoms with Crippen LogP contribution >= 0.6 is 24.0 Å². The van der Waals surface area contributed by atoms with E-state index in [1.165, 1.54) is 6.26 Å². The van der Waals surface area contributed by atoms with Crippen LogP contribution in [0.1, 0.15) is 28.6 Å². The molecule has 158 valence electrons. The lowest BCUT2D eigenvalue weighted by Crippen LogP contribution is -2.53. The fraction of sp³-hybridized carbons (Fsp3) is 0.429. The van der Waals surface area contributed by atoms with Crippen molar-refractivity contribution >= 4 is 35.8 Å². The molecule has 1 aliphatic heterocycles. The quantitative estimate of drug-likeness (QED) is 0.366. The zero-order valence-corrected chi connectivity index (χ0v) is 19.3. The topological polar surface area (TPSA) is 70.3 Å². The van der Waals surface area contributed by atoms with E-state index in [2.05, 4.69) is 35.3 Å². The van der Waals surface area contributed by atoms with Crippen LogP contribution in [0.15, 0.2) is 52.1 Å². The summed E-state index contributed by atoms with van der Waals surface area (Å²) >= 11 is 0. The maximum Gasteiger partial charge on any atom is 0.289 e. The number of rotatable bonds is 6. The number of nitrogens with one attached hydrogen (secondary N) is 1. The summed E-state index contributed by atoms with van der Waals surface area (Å²) < 4.78 is 10.4. The first-order valence-corrected chi connectivity index (χ1v) is 9.64. The lowest BCUT2D eigenvalue weighted by molar-refractivity contribution is 0.0657. The van der Waals surface area contributed by atoms with Gasteiger partial charge in [-0.15, -0.1) is 24.0 Å². The molecule has 2 heterocycles. The van der Waals surface area contributed by atoms with Gasteiger partial charge in [0, 0.05) is 39.8 Å². The van der Waals surface area contributed by atoms with Crippen molar-refractivity contribution in [1.29, 1.82) is 0 Å². The Morgan fingerprint density at radius 3 is 2.52 bits per heavy atom. The molecule has 1 fully saturated rings. The number of carbonyl (C=O) groups is 1. The highest BCUT2D eigenvalue weighted by Crippen LogP contribution is 2.11. The Bertz CT molecular complexity index is 787. The lowest BCUT2D eigenvalue weighted by Gasteiger charge is -2.36. The first-order chi connectivity index (χ1) is 13.7. The maximum atomic E-state index is 12.4. The predicted octanol–water partition coefficient (Wildman–Crippen LogP) is 2.97. The summed E-state index contributed by atoms with van der Waals surface area (Å²) in [5.74, 6) is 1.22. The number of methoxy groups -OCH3 is 1. The van der Waals surface area contributed by atoms with Crippen molar-refractivity contribution in [3.05, 3.63) is 59.5 Å². The molecule has 1 N–H and O–H groups in total. The Balaban J connectivity index is 0.00000300. The van der Waals surface area contributed by atoms with Crippen LogP contribution in [0.4, 0.5) is 0 Å². The van der Waals surface area contributed by atoms with E-state index in [1.807, 2.05) is 11.0 Å². The van der Waals surface area contributed by atoms with Gasteiger partial charge in [-0.25, -0.2) is 4.99 Å². The lowest BCUT2D eigenvalue weighted by atomic mass is 10.1. The second-order valence-electron chi connectivity index (χ2n) is 6.68. The third kappa shape index (κ3) is 6.46. The van der Waals surface area contributed by atoms with Crippen molar-refractivity contribution in [2.24, 2.45) is 4.99 Å². The van der Waals surface area contributed by atoms with Crippen molar-refractivity contribution in [1.82, 2.24) is 15.1 Å². The molecule has 7 nitrogen and oxygen atoms in total. The van der Waals surface area contributed by atoms with Gasteiger partial charge in [-0.2, -0.15) is 0 Å². The molecular formula is C21H29IN4O3. The van der Waals surface area contributed by atoms with Gasteiger partial charge < -0.3 is 24.3 Å². The normalized spacial score (nSPS) is 14.5. The van der Waals surface area contributed by atoms with Gasteiger partial charge in [-0.3, -0.25) is 4.79 Å². The van der Waals surface area contributed by atoms with Gasteiger partial charge in [-0.05, 0) is 30.2 Å². The summed E-state index contributed by atoms with van der Waals surface area (Å²) in [6.45, 7) is 6.83. The second-order valence-corrected chi connectivity index (χ2v) is 6.68. The van der Waals surface area contributed by atoms with Gasteiger partial charge in [0.2, 0.25) is 0 Å². The fourth-order valence-corrected chi connectivity index (χ4v) is 3.25. The molecule has 1 aromatic carbocycles. The Kier molecular flexibility index (Phi) is 9.46. The largest absolute Gasteiger partial charge is 0.459 e. The van der Waals surface area contributed by atoms with Crippen molar-refractivity contribution in [2.75, 3.05) is 39.8 Å². The van der Waals surface area contributed by atoms with Crippen molar-refractivity contribution in [3.63, 3.8) is 0 Å². The Morgan fingerprint density at radius 2 is 1.86 bits per heavy atom. The Labute approximate surface area is 189 Å². The van der Waals surface area contributed by atoms with E-state index in [4.69, 9.17) is 14.1 Å². The molecule has 8 heteroatoms. The Morgan fingerprint density at radius 1 is 1.14 bits per heavy atom. The van der Waals surface area contributed by atoms with E-state index in [1.54, 1.807) is 19.2 Å². The van der Waals surface area contributed by atoms with Gasteiger partial charge in [0.15, 0.2) is 11.7 Å². The van der Waals surface area contributed by atoms with Crippen molar-refractivity contribution in [3.8, 4) is 0 Å². The van der Waals surface area contributed by atoms with Crippen LogP contribution in [0, 0.1) is 0 Å². The number of hydrogen-bond donors (Lipinski definition) is 1. The molecule has 2 aromatic rings. The summed E-state index contributed by atoms with van der Waals surface area (Å²) in [5.41, 5.74) is 2.29. The van der Waals surface area contributed by atoms with Crippen molar-refractivity contribution < 1.29 is 13.9 Å². The molecule has 1 aromatic heterocycles. The third-order valence-electron chi connectivity index (χ3n) is 4.65. The van der Waals surface area contributed by atoms with E-state index < -0.39 is 0 Å². The number of carbonyl (C=O) groups excluding carboxylic acids is 1. The minimum absolute atomic E-state index is 0. The molecule has 1 aliphatic rings. The molecule has 0 radical (unpaired) electrons. The first kappa shape index (κ1) is 23.2. The van der Waals surface area contributed by atoms with Crippen molar-refractivity contribution in [2.45, 2.75) is 20.1 Å². The van der Waals surface area contributed by atoms with E-state index >= 15 is 0 Å². The summed E-state index contributed by atoms with van der Waals surface area (Å²) in [6.07, 6.45) is 1.53. The number of aliphatic imine (C=N–C) groups is 1. The Hall–Kier alpha value is -2.07. The number of nitrogens with zero attached hydrogens (tertiary/aromatic N) is 3. The van der Waals surface area contributed by atoms with Crippen LogP contribution in [0.3, 0.4) is 0 Å². The van der Waals surface area contributed by atoms with Gasteiger partial charge in [0.25, 0.3) is 5.91 Å². The van der Waals surface area contributed by atoms with Crippen LogP contribution in [0.2, 0.25) is 0 Å². The molecule has 0 bridgehead atoms. The number of halogens is 1. The highest BCUT2D eigenvalue weighted by atomic mass is 127. The zero-order valence-electron chi connectivity index (χ0n) is 17.0. The molecule has 3 rings (SSSR count). The average Bonchev–Trinajstić information content (AvgIpc) is 3.26. The molecule has 0 unspecified atom stereocenters. The van der Waals surface area contributed by atoms with Crippen LogP contribution in [-0.2, 0) is 17.9 Å². The summed E-state index contributed by atoms with van der Waals surface area (Å²) in [5, 5.41) is 3.36. The zero-order chi connectivity index (χ0) is 19.8. The molecule has 29 heavy (non-hydrogen) atoms. The van der Waals surface area contributed by atoms with E-state index in [0.29, 0.717) is 32.0 Å².